The van der Waals surface area contributed by atoms with Gasteiger partial charge in [0, 0.05) is 35.5 Å². The van der Waals surface area contributed by atoms with Crippen molar-refractivity contribution in [2.45, 2.75) is 57.3 Å². The average Bonchev–Trinajstić information content (AvgIpc) is 3.12. The van der Waals surface area contributed by atoms with E-state index in [4.69, 9.17) is 0 Å². The van der Waals surface area contributed by atoms with Gasteiger partial charge >= 0.3 is 0 Å². The van der Waals surface area contributed by atoms with Crippen LogP contribution in [-0.4, -0.2) is 31.6 Å². The highest BCUT2D eigenvalue weighted by Crippen LogP contribution is 2.46. The maximum absolute atomic E-state index is 13.2. The van der Waals surface area contributed by atoms with Gasteiger partial charge in [0.25, 0.3) is 0 Å². The Bertz CT molecular complexity index is 979. The van der Waals surface area contributed by atoms with Crippen molar-refractivity contribution in [3.63, 3.8) is 0 Å². The number of carbonyl (C=O) groups excluding carboxylic acids is 1. The molecule has 156 valence electrons. The van der Waals surface area contributed by atoms with E-state index in [1.54, 1.807) is 28.6 Å². The molecule has 3 aliphatic rings. The number of fused-ring (bicyclic) bond motifs is 1. The van der Waals surface area contributed by atoms with Crippen molar-refractivity contribution in [1.82, 2.24) is 4.31 Å². The van der Waals surface area contributed by atoms with Crippen LogP contribution in [0.15, 0.2) is 55.9 Å². The predicted octanol–water partition coefficient (Wildman–Crippen LogP) is 5.26. The number of rotatable bonds is 2. The largest absolute Gasteiger partial charge is 0.294 e. The first kappa shape index (κ1) is 21.0. The number of ketones is 1. The smallest absolute Gasteiger partial charge is 0.243 e. The second-order valence-corrected chi connectivity index (χ2v) is 11.6. The van der Waals surface area contributed by atoms with Gasteiger partial charge in [-0.2, -0.15) is 4.31 Å². The Morgan fingerprint density at radius 1 is 1.03 bits per heavy atom. The molecule has 2 atom stereocenters. The number of hydrogen-bond acceptors (Lipinski definition) is 3. The summed E-state index contributed by atoms with van der Waals surface area (Å²) in [5.74, 6) is 0.417. The summed E-state index contributed by atoms with van der Waals surface area (Å²) >= 11 is 3.36. The zero-order chi connectivity index (χ0) is 20.8. The predicted molar refractivity (Wildman–Crippen MR) is 118 cm³/mol. The van der Waals surface area contributed by atoms with E-state index in [2.05, 4.69) is 29.8 Å². The molecule has 4 nitrogen and oxygen atoms in total. The maximum atomic E-state index is 13.2. The first-order chi connectivity index (χ1) is 13.8. The van der Waals surface area contributed by atoms with Crippen molar-refractivity contribution < 1.29 is 13.2 Å². The first-order valence-electron chi connectivity index (χ1n) is 10.5. The second-order valence-electron chi connectivity index (χ2n) is 8.72. The summed E-state index contributed by atoms with van der Waals surface area (Å²) in [6, 6.07) is 6.80. The fourth-order valence-corrected chi connectivity index (χ4v) is 7.02. The van der Waals surface area contributed by atoms with Crippen LogP contribution in [-0.2, 0) is 14.8 Å². The topological polar surface area (TPSA) is 54.5 Å². The number of carbonyl (C=O) groups is 1. The molecule has 2 aliphatic carbocycles. The summed E-state index contributed by atoms with van der Waals surface area (Å²) in [5, 5.41) is 0. The minimum Gasteiger partial charge on any atom is -0.294 e. The van der Waals surface area contributed by atoms with E-state index in [0.29, 0.717) is 24.4 Å². The molecule has 1 heterocycles. The van der Waals surface area contributed by atoms with Crippen LogP contribution in [0.2, 0.25) is 0 Å². The molecule has 1 aromatic rings. The quantitative estimate of drug-likeness (QED) is 0.546. The molecule has 29 heavy (non-hydrogen) atoms. The third kappa shape index (κ3) is 3.91. The van der Waals surface area contributed by atoms with Crippen molar-refractivity contribution >= 4 is 31.7 Å². The van der Waals surface area contributed by atoms with E-state index in [1.165, 1.54) is 12.0 Å². The molecule has 0 amide bonds. The molecule has 1 aromatic carbocycles. The van der Waals surface area contributed by atoms with Gasteiger partial charge in [0.1, 0.15) is 0 Å². The Morgan fingerprint density at radius 2 is 1.69 bits per heavy atom. The lowest BCUT2D eigenvalue weighted by atomic mass is 9.70. The summed E-state index contributed by atoms with van der Waals surface area (Å²) in [6.45, 7) is 5.03. The Kier molecular flexibility index (Phi) is 5.88. The van der Waals surface area contributed by atoms with Gasteiger partial charge in [-0.3, -0.25) is 4.79 Å². The highest BCUT2D eigenvalue weighted by Gasteiger charge is 2.46. The van der Waals surface area contributed by atoms with E-state index in [0.717, 1.165) is 46.9 Å². The lowest BCUT2D eigenvalue weighted by Crippen LogP contribution is -2.30. The van der Waals surface area contributed by atoms with Crippen LogP contribution < -0.4 is 0 Å². The molecule has 4 rings (SSSR count). The molecule has 2 unspecified atom stereocenters. The summed E-state index contributed by atoms with van der Waals surface area (Å²) in [5.41, 5.74) is 4.56. The van der Waals surface area contributed by atoms with E-state index in [-0.39, 0.29) is 17.6 Å². The Labute approximate surface area is 182 Å². The summed E-state index contributed by atoms with van der Waals surface area (Å²) in [6.07, 6.45) is 6.03. The Balaban J connectivity index is 1.69. The molecule has 0 bridgehead atoms. The number of nitrogens with zero attached hydrogens (tertiary/aromatic N) is 1. The molecule has 2 saturated carbocycles. The van der Waals surface area contributed by atoms with Crippen LogP contribution in [0.3, 0.4) is 0 Å². The zero-order valence-electron chi connectivity index (χ0n) is 17.1. The molecule has 1 aliphatic heterocycles. The second kappa shape index (κ2) is 8.12. The summed E-state index contributed by atoms with van der Waals surface area (Å²) in [4.78, 5) is 13.5. The number of benzene rings is 1. The fraction of sp³-hybridized carbons (Fsp3) is 0.522. The molecule has 6 heteroatoms. The lowest BCUT2D eigenvalue weighted by molar-refractivity contribution is -0.117. The van der Waals surface area contributed by atoms with Gasteiger partial charge in [0.2, 0.25) is 10.0 Å². The average molecular weight is 478 g/mol. The van der Waals surface area contributed by atoms with Crippen molar-refractivity contribution in [3.05, 3.63) is 51.0 Å². The fourth-order valence-electron chi connectivity index (χ4n) is 5.23. The monoisotopic (exact) mass is 477 g/mol. The van der Waals surface area contributed by atoms with Gasteiger partial charge < -0.3 is 0 Å². The number of allylic oxidation sites excluding steroid dienone is 3. The van der Waals surface area contributed by atoms with Crippen LogP contribution in [0.5, 0.6) is 0 Å². The first-order valence-corrected chi connectivity index (χ1v) is 12.7. The number of halogens is 1. The van der Waals surface area contributed by atoms with Crippen molar-refractivity contribution in [1.29, 1.82) is 0 Å². The third-order valence-corrected chi connectivity index (χ3v) is 8.95. The molecule has 0 radical (unpaired) electrons. The van der Waals surface area contributed by atoms with Gasteiger partial charge in [0.05, 0.1) is 4.90 Å². The van der Waals surface area contributed by atoms with E-state index in [1.807, 2.05) is 0 Å². The molecular weight excluding hydrogens is 450 g/mol. The minimum absolute atomic E-state index is 0.0746. The molecule has 0 spiro atoms. The Hall–Kier alpha value is -1.24. The molecule has 3 fully saturated rings. The maximum Gasteiger partial charge on any atom is 0.243 e. The van der Waals surface area contributed by atoms with Gasteiger partial charge in [-0.25, -0.2) is 8.42 Å². The standard InChI is InChI=1S/C23H28BrNO3S/c1-15(2)22-20-14-25(29(27,28)19-10-8-18(24)9-11-19)13-17(20)12-21(26)23(22)16-6-4-3-5-7-16/h8-11,17,20H,3-7,12-14H2,1-2H3. The van der Waals surface area contributed by atoms with Crippen LogP contribution in [0.25, 0.3) is 0 Å². The van der Waals surface area contributed by atoms with E-state index >= 15 is 0 Å². The summed E-state index contributed by atoms with van der Waals surface area (Å²) in [7, 11) is -3.56. The van der Waals surface area contributed by atoms with Gasteiger partial charge in [0.15, 0.2) is 5.78 Å². The van der Waals surface area contributed by atoms with Crippen LogP contribution in [0, 0.1) is 11.8 Å². The number of sulfonamides is 1. The van der Waals surface area contributed by atoms with E-state index < -0.39 is 10.0 Å². The minimum atomic E-state index is -3.56. The highest BCUT2D eigenvalue weighted by atomic mass is 79.9. The van der Waals surface area contributed by atoms with Crippen molar-refractivity contribution in [2.24, 2.45) is 11.8 Å². The van der Waals surface area contributed by atoms with Crippen LogP contribution in [0.4, 0.5) is 0 Å². The van der Waals surface area contributed by atoms with Gasteiger partial charge in [-0.15, -0.1) is 0 Å². The van der Waals surface area contributed by atoms with Gasteiger partial charge in [-0.1, -0.05) is 33.5 Å². The van der Waals surface area contributed by atoms with Crippen LogP contribution >= 0.6 is 15.9 Å². The zero-order valence-corrected chi connectivity index (χ0v) is 19.5. The molecule has 1 saturated heterocycles. The van der Waals surface area contributed by atoms with Gasteiger partial charge in [-0.05, 0) is 75.3 Å². The third-order valence-electron chi connectivity index (χ3n) is 6.57. The van der Waals surface area contributed by atoms with Crippen LogP contribution in [0.1, 0.15) is 52.4 Å². The lowest BCUT2D eigenvalue weighted by Gasteiger charge is -2.33. The Morgan fingerprint density at radius 3 is 2.31 bits per heavy atom. The molecule has 0 aromatic heterocycles. The normalized spacial score (nSPS) is 26.0. The van der Waals surface area contributed by atoms with E-state index in [9.17, 15) is 13.2 Å². The number of Topliss-reactive ketones (excluding diaryl/α,β-unsaturated/α-hetero) is 1. The summed E-state index contributed by atoms with van der Waals surface area (Å²) < 4.78 is 28.9. The van der Waals surface area contributed by atoms with Crippen molar-refractivity contribution in [3.8, 4) is 0 Å². The van der Waals surface area contributed by atoms with Crippen molar-refractivity contribution in [2.75, 3.05) is 13.1 Å². The molecule has 0 N–H and O–H groups in total. The highest BCUT2D eigenvalue weighted by molar-refractivity contribution is 9.10. The number of hydrogen-bond donors (Lipinski definition) is 0. The SMILES string of the molecule is CC(C)=C1C(=C2CCCCC2)C(=O)CC2CN(S(=O)(=O)c3ccc(Br)cc3)CC12. The molecular formula is C23H28BrNO3S.